The van der Waals surface area contributed by atoms with Crippen LogP contribution in [0.1, 0.15) is 26.2 Å². The van der Waals surface area contributed by atoms with Crippen molar-refractivity contribution in [3.05, 3.63) is 34.4 Å². The first-order valence-electron chi connectivity index (χ1n) is 8.09. The second kappa shape index (κ2) is 12.8. The number of nitrogens with zero attached hydrogens (tertiary/aromatic N) is 2. The molecule has 0 spiro atoms. The minimum absolute atomic E-state index is 0. The number of hydrogen-bond acceptors (Lipinski definition) is 5. The highest BCUT2D eigenvalue weighted by Crippen LogP contribution is 2.16. The van der Waals surface area contributed by atoms with Gasteiger partial charge in [0.2, 0.25) is 10.0 Å². The van der Waals surface area contributed by atoms with Gasteiger partial charge in [0.15, 0.2) is 5.96 Å². The first kappa shape index (κ1) is 24.5. The summed E-state index contributed by atoms with van der Waals surface area (Å²) >= 11 is 0. The molecule has 0 unspecified atom stereocenters. The third-order valence-electron chi connectivity index (χ3n) is 3.34. The molecule has 0 aromatic heterocycles. The number of unbranched alkanes of at least 4 members (excludes halogenated alkanes) is 2. The van der Waals surface area contributed by atoms with Gasteiger partial charge in [-0.3, -0.25) is 15.1 Å². The third-order valence-corrected chi connectivity index (χ3v) is 4.80. The van der Waals surface area contributed by atoms with Gasteiger partial charge in [-0.1, -0.05) is 25.8 Å². The van der Waals surface area contributed by atoms with Gasteiger partial charge in [0.05, 0.1) is 9.82 Å². The van der Waals surface area contributed by atoms with E-state index in [2.05, 4.69) is 27.3 Å². The molecule has 11 heteroatoms. The lowest BCUT2D eigenvalue weighted by molar-refractivity contribution is -0.385. The van der Waals surface area contributed by atoms with Crippen LogP contribution in [0.5, 0.6) is 0 Å². The van der Waals surface area contributed by atoms with E-state index in [0.29, 0.717) is 12.5 Å². The minimum atomic E-state index is -3.80. The lowest BCUT2D eigenvalue weighted by atomic mass is 10.2. The van der Waals surface area contributed by atoms with Crippen LogP contribution >= 0.6 is 24.0 Å². The number of guanidine groups is 1. The van der Waals surface area contributed by atoms with Gasteiger partial charge in [0.25, 0.3) is 5.69 Å². The van der Waals surface area contributed by atoms with Crippen molar-refractivity contribution < 1.29 is 13.3 Å². The van der Waals surface area contributed by atoms with Crippen LogP contribution in [0.25, 0.3) is 0 Å². The highest BCUT2D eigenvalue weighted by Gasteiger charge is 2.16. The van der Waals surface area contributed by atoms with Crippen LogP contribution in [0.3, 0.4) is 0 Å². The Bertz CT molecular complexity index is 697. The average Bonchev–Trinajstić information content (AvgIpc) is 2.60. The number of benzene rings is 1. The Labute approximate surface area is 171 Å². The largest absolute Gasteiger partial charge is 0.356 e. The van der Waals surface area contributed by atoms with Crippen molar-refractivity contribution in [2.24, 2.45) is 4.99 Å². The van der Waals surface area contributed by atoms with E-state index in [1.54, 1.807) is 7.05 Å². The normalized spacial score (nSPS) is 11.5. The summed E-state index contributed by atoms with van der Waals surface area (Å²) in [4.78, 5) is 14.0. The van der Waals surface area contributed by atoms with E-state index in [9.17, 15) is 18.5 Å². The molecule has 0 bridgehead atoms. The van der Waals surface area contributed by atoms with Crippen molar-refractivity contribution in [1.82, 2.24) is 15.4 Å². The Morgan fingerprint density at radius 1 is 1.19 bits per heavy atom. The highest BCUT2D eigenvalue weighted by atomic mass is 127. The van der Waals surface area contributed by atoms with Gasteiger partial charge in [-0.15, -0.1) is 24.0 Å². The van der Waals surface area contributed by atoms with Crippen molar-refractivity contribution in [3.8, 4) is 0 Å². The number of nitro benzene ring substituents is 1. The van der Waals surface area contributed by atoms with E-state index in [-0.39, 0.29) is 41.1 Å². The molecule has 26 heavy (non-hydrogen) atoms. The molecule has 3 N–H and O–H groups in total. The maximum atomic E-state index is 12.2. The topological polar surface area (TPSA) is 126 Å². The van der Waals surface area contributed by atoms with Crippen molar-refractivity contribution in [3.63, 3.8) is 0 Å². The zero-order chi connectivity index (χ0) is 18.7. The summed E-state index contributed by atoms with van der Waals surface area (Å²) in [7, 11) is -2.16. The van der Waals surface area contributed by atoms with Crippen molar-refractivity contribution in [2.45, 2.75) is 31.1 Å². The smallest absolute Gasteiger partial charge is 0.270 e. The van der Waals surface area contributed by atoms with Crippen LogP contribution in [0, 0.1) is 10.1 Å². The number of hydrogen-bond donors (Lipinski definition) is 3. The minimum Gasteiger partial charge on any atom is -0.356 e. The number of halogens is 1. The molecule has 148 valence electrons. The Hall–Kier alpha value is -1.47. The van der Waals surface area contributed by atoms with Crippen LogP contribution < -0.4 is 15.4 Å². The molecule has 0 atom stereocenters. The van der Waals surface area contributed by atoms with Crippen LogP contribution in [0.15, 0.2) is 34.2 Å². The Morgan fingerprint density at radius 2 is 1.88 bits per heavy atom. The second-order valence-corrected chi connectivity index (χ2v) is 7.05. The lowest BCUT2D eigenvalue weighted by Gasteiger charge is -2.12. The SMILES string of the molecule is CCCCCNC(=NC)NCCNS(=O)(=O)c1cccc([N+](=O)[O-])c1.I. The highest BCUT2D eigenvalue weighted by molar-refractivity contribution is 14.0. The van der Waals surface area contributed by atoms with E-state index in [0.717, 1.165) is 31.9 Å². The van der Waals surface area contributed by atoms with Crippen LogP contribution in [0.2, 0.25) is 0 Å². The fourth-order valence-electron chi connectivity index (χ4n) is 2.02. The van der Waals surface area contributed by atoms with Crippen LogP contribution in [-0.4, -0.2) is 46.0 Å². The summed E-state index contributed by atoms with van der Waals surface area (Å²) in [5.74, 6) is 0.602. The first-order valence-corrected chi connectivity index (χ1v) is 9.57. The summed E-state index contributed by atoms with van der Waals surface area (Å²) in [6.45, 7) is 3.38. The lowest BCUT2D eigenvalue weighted by Crippen LogP contribution is -2.41. The van der Waals surface area contributed by atoms with Crippen molar-refractivity contribution in [2.75, 3.05) is 26.7 Å². The number of aliphatic imine (C=N–C) groups is 1. The van der Waals surface area contributed by atoms with E-state index < -0.39 is 14.9 Å². The maximum absolute atomic E-state index is 12.2. The molecule has 1 aromatic carbocycles. The summed E-state index contributed by atoms with van der Waals surface area (Å²) in [6.07, 6.45) is 3.30. The zero-order valence-corrected chi connectivity index (χ0v) is 18.0. The van der Waals surface area contributed by atoms with E-state index in [4.69, 9.17) is 0 Å². The fourth-order valence-corrected chi connectivity index (χ4v) is 3.09. The summed E-state index contributed by atoms with van der Waals surface area (Å²) in [5, 5.41) is 16.9. The van der Waals surface area contributed by atoms with Gasteiger partial charge in [-0.05, 0) is 12.5 Å². The number of sulfonamides is 1. The van der Waals surface area contributed by atoms with Crippen molar-refractivity contribution >= 4 is 45.6 Å². The van der Waals surface area contributed by atoms with Crippen LogP contribution in [0.4, 0.5) is 5.69 Å². The molecule has 0 amide bonds. The predicted octanol–water partition coefficient (Wildman–Crippen LogP) is 1.85. The number of nitro groups is 1. The third kappa shape index (κ3) is 8.76. The Morgan fingerprint density at radius 3 is 2.50 bits per heavy atom. The van der Waals surface area contributed by atoms with Gasteiger partial charge in [-0.2, -0.15) is 0 Å². The van der Waals surface area contributed by atoms with E-state index >= 15 is 0 Å². The zero-order valence-electron chi connectivity index (χ0n) is 14.9. The van der Waals surface area contributed by atoms with Crippen LogP contribution in [-0.2, 0) is 10.0 Å². The van der Waals surface area contributed by atoms with Gasteiger partial charge in [-0.25, -0.2) is 13.1 Å². The second-order valence-electron chi connectivity index (χ2n) is 5.29. The number of rotatable bonds is 10. The molecule has 0 saturated heterocycles. The molecular weight excluding hydrogens is 473 g/mol. The molecule has 0 heterocycles. The monoisotopic (exact) mass is 499 g/mol. The fraction of sp³-hybridized carbons (Fsp3) is 0.533. The quantitative estimate of drug-likeness (QED) is 0.113. The van der Waals surface area contributed by atoms with E-state index in [1.165, 1.54) is 18.2 Å². The molecule has 0 aliphatic carbocycles. The van der Waals surface area contributed by atoms with Gasteiger partial charge in [0.1, 0.15) is 0 Å². The summed E-state index contributed by atoms with van der Waals surface area (Å²) in [6, 6.07) is 4.93. The number of non-ortho nitro benzene ring substituents is 1. The Balaban J connectivity index is 0.00000625. The predicted molar refractivity (Wildman–Crippen MR) is 113 cm³/mol. The maximum Gasteiger partial charge on any atom is 0.270 e. The first-order chi connectivity index (χ1) is 11.9. The molecule has 0 radical (unpaired) electrons. The van der Waals surface area contributed by atoms with Gasteiger partial charge >= 0.3 is 0 Å². The molecule has 1 aromatic rings. The molecular formula is C15H26IN5O4S. The Kier molecular flexibility index (Phi) is 12.1. The summed E-state index contributed by atoms with van der Waals surface area (Å²) < 4.78 is 26.7. The molecule has 0 fully saturated rings. The van der Waals surface area contributed by atoms with Crippen molar-refractivity contribution in [1.29, 1.82) is 0 Å². The standard InChI is InChI=1S/C15H25N5O4S.HI/c1-3-4-5-9-17-15(16-2)18-10-11-19-25(23,24)14-8-6-7-13(12-14)20(21)22;/h6-8,12,19H,3-5,9-11H2,1-2H3,(H2,16,17,18);1H. The average molecular weight is 499 g/mol. The number of nitrogens with one attached hydrogen (secondary N) is 3. The molecule has 1 rings (SSSR count). The molecule has 0 aliphatic rings. The van der Waals surface area contributed by atoms with Gasteiger partial charge < -0.3 is 10.6 Å². The molecule has 0 aliphatic heterocycles. The molecule has 0 saturated carbocycles. The summed E-state index contributed by atoms with van der Waals surface area (Å²) in [5.41, 5.74) is -0.266. The van der Waals surface area contributed by atoms with Gasteiger partial charge in [0, 0.05) is 38.8 Å². The van der Waals surface area contributed by atoms with E-state index in [1.807, 2.05) is 0 Å². The molecule has 9 nitrogen and oxygen atoms in total.